The van der Waals surface area contributed by atoms with E-state index in [1.807, 2.05) is 44.5 Å². The summed E-state index contributed by atoms with van der Waals surface area (Å²) in [5.74, 6) is 0.738. The van der Waals surface area contributed by atoms with E-state index in [1.54, 1.807) is 0 Å². The molecule has 0 aliphatic heterocycles. The lowest BCUT2D eigenvalue weighted by molar-refractivity contribution is 0.127. The molecule has 30 heavy (non-hydrogen) atoms. The molecule has 0 amide bonds. The molecule has 0 aliphatic carbocycles. The van der Waals surface area contributed by atoms with Crippen molar-refractivity contribution in [3.8, 4) is 0 Å². The van der Waals surface area contributed by atoms with E-state index < -0.39 is 0 Å². The smallest absolute Gasteiger partial charge is 0.252 e. The van der Waals surface area contributed by atoms with Crippen molar-refractivity contribution in [3.05, 3.63) is 51.1 Å². The van der Waals surface area contributed by atoms with Crippen LogP contribution in [0.25, 0.3) is 10.9 Å². The Morgan fingerprint density at radius 3 is 2.53 bits per heavy atom. The predicted octanol–water partition coefficient (Wildman–Crippen LogP) is 2.83. The van der Waals surface area contributed by atoms with E-state index in [9.17, 15) is 9.90 Å². The Morgan fingerprint density at radius 1 is 1.20 bits per heavy atom. The molecule has 2 aromatic heterocycles. The number of nitrogens with zero attached hydrogens (tertiary/aromatic N) is 5. The van der Waals surface area contributed by atoms with Crippen LogP contribution in [0.3, 0.4) is 0 Å². The number of aromatic amines is 1. The van der Waals surface area contributed by atoms with Crippen molar-refractivity contribution >= 4 is 10.9 Å². The van der Waals surface area contributed by atoms with Crippen LogP contribution < -0.4 is 5.56 Å². The molecule has 0 saturated carbocycles. The topological polar surface area (TPSA) is 99.9 Å². The van der Waals surface area contributed by atoms with Gasteiger partial charge in [-0.25, -0.2) is 4.68 Å². The van der Waals surface area contributed by atoms with E-state index in [0.717, 1.165) is 28.7 Å². The van der Waals surface area contributed by atoms with E-state index in [2.05, 4.69) is 45.3 Å². The van der Waals surface area contributed by atoms with Crippen LogP contribution in [0.5, 0.6) is 0 Å². The first-order chi connectivity index (χ1) is 14.2. The number of aliphatic hydroxyl groups is 1. The molecule has 8 heteroatoms. The van der Waals surface area contributed by atoms with Gasteiger partial charge in [-0.05, 0) is 86.2 Å². The standard InChI is InChI=1S/C22H32N6O2/c1-7-19(20-24-25-26-28(20)22(4,5)6)27(8-9-29)13-17-12-16-10-14(2)15(3)11-18(16)23-21(17)30/h10-12,19,29H,7-9,13H2,1-6H3,(H,23,30)/t19-/m1/s1. The molecule has 2 heterocycles. The highest BCUT2D eigenvalue weighted by Gasteiger charge is 2.29. The summed E-state index contributed by atoms with van der Waals surface area (Å²) in [5, 5.41) is 23.1. The highest BCUT2D eigenvalue weighted by Crippen LogP contribution is 2.27. The maximum atomic E-state index is 12.8. The van der Waals surface area contributed by atoms with Gasteiger partial charge in [0.2, 0.25) is 0 Å². The number of aliphatic hydroxyl groups excluding tert-OH is 1. The van der Waals surface area contributed by atoms with E-state index in [4.69, 9.17) is 0 Å². The minimum absolute atomic E-state index is 0.0165. The lowest BCUT2D eigenvalue weighted by Crippen LogP contribution is -2.36. The monoisotopic (exact) mass is 412 g/mol. The number of pyridine rings is 1. The van der Waals surface area contributed by atoms with Gasteiger partial charge < -0.3 is 10.1 Å². The first-order valence-corrected chi connectivity index (χ1v) is 10.4. The van der Waals surface area contributed by atoms with Crippen molar-refractivity contribution in [2.24, 2.45) is 0 Å². The fraction of sp³-hybridized carbons (Fsp3) is 0.545. The van der Waals surface area contributed by atoms with Crippen molar-refractivity contribution < 1.29 is 5.11 Å². The van der Waals surface area contributed by atoms with Crippen LogP contribution in [0.4, 0.5) is 0 Å². The SMILES string of the molecule is CC[C@H](c1nnnn1C(C)(C)C)N(CCO)Cc1cc2cc(C)c(C)cc2[nH]c1=O. The van der Waals surface area contributed by atoms with Crippen LogP contribution in [0.2, 0.25) is 0 Å². The van der Waals surface area contributed by atoms with Gasteiger partial charge in [0.25, 0.3) is 5.56 Å². The minimum atomic E-state index is -0.271. The van der Waals surface area contributed by atoms with Crippen LogP contribution in [0.15, 0.2) is 23.0 Å². The molecule has 1 aromatic carbocycles. The summed E-state index contributed by atoms with van der Waals surface area (Å²) in [5.41, 5.74) is 3.44. The second-order valence-electron chi connectivity index (χ2n) is 8.89. The van der Waals surface area contributed by atoms with Crippen LogP contribution in [0, 0.1) is 13.8 Å². The molecule has 0 fully saturated rings. The molecule has 0 saturated heterocycles. The summed E-state index contributed by atoms with van der Waals surface area (Å²) in [6.07, 6.45) is 0.750. The number of tetrazole rings is 1. The van der Waals surface area contributed by atoms with Gasteiger partial charge in [-0.1, -0.05) is 6.92 Å². The fourth-order valence-corrected chi connectivity index (χ4v) is 3.82. The second kappa shape index (κ2) is 8.65. The van der Waals surface area contributed by atoms with Gasteiger partial charge in [0.15, 0.2) is 5.82 Å². The largest absolute Gasteiger partial charge is 0.395 e. The summed E-state index contributed by atoms with van der Waals surface area (Å²) >= 11 is 0. The Kier molecular flexibility index (Phi) is 6.38. The Bertz CT molecular complexity index is 1080. The number of hydrogen-bond acceptors (Lipinski definition) is 6. The zero-order chi connectivity index (χ0) is 22.1. The summed E-state index contributed by atoms with van der Waals surface area (Å²) < 4.78 is 1.82. The number of rotatable bonds is 7. The van der Waals surface area contributed by atoms with Crippen LogP contribution in [-0.4, -0.2) is 48.3 Å². The van der Waals surface area contributed by atoms with Crippen molar-refractivity contribution in [2.75, 3.05) is 13.2 Å². The molecular formula is C22H32N6O2. The fourth-order valence-electron chi connectivity index (χ4n) is 3.82. The Balaban J connectivity index is 2.01. The third-order valence-electron chi connectivity index (χ3n) is 5.55. The summed E-state index contributed by atoms with van der Waals surface area (Å²) in [6, 6.07) is 5.93. The number of aryl methyl sites for hydroxylation is 2. The molecule has 0 unspecified atom stereocenters. The average molecular weight is 413 g/mol. The Morgan fingerprint density at radius 2 is 1.90 bits per heavy atom. The molecule has 2 N–H and O–H groups in total. The molecule has 0 radical (unpaired) electrons. The van der Waals surface area contributed by atoms with Gasteiger partial charge >= 0.3 is 0 Å². The third kappa shape index (κ3) is 4.44. The van der Waals surface area contributed by atoms with Gasteiger partial charge in [-0.15, -0.1) is 5.10 Å². The quantitative estimate of drug-likeness (QED) is 0.619. The number of aromatic nitrogens is 5. The molecule has 162 valence electrons. The number of fused-ring (bicyclic) bond motifs is 1. The van der Waals surface area contributed by atoms with E-state index in [0.29, 0.717) is 18.7 Å². The lowest BCUT2D eigenvalue weighted by atomic mass is 10.0. The normalized spacial score (nSPS) is 13.3. The summed E-state index contributed by atoms with van der Waals surface area (Å²) in [6.45, 7) is 13.1. The van der Waals surface area contributed by atoms with Crippen LogP contribution >= 0.6 is 0 Å². The summed E-state index contributed by atoms with van der Waals surface area (Å²) in [7, 11) is 0. The van der Waals surface area contributed by atoms with Gasteiger partial charge in [0.1, 0.15) is 0 Å². The highest BCUT2D eigenvalue weighted by molar-refractivity contribution is 5.80. The number of H-pyrrole nitrogens is 1. The van der Waals surface area contributed by atoms with Crippen molar-refractivity contribution in [1.29, 1.82) is 0 Å². The lowest BCUT2D eigenvalue weighted by Gasteiger charge is -2.31. The second-order valence-corrected chi connectivity index (χ2v) is 8.89. The van der Waals surface area contributed by atoms with Crippen molar-refractivity contribution in [3.63, 3.8) is 0 Å². The maximum Gasteiger partial charge on any atom is 0.252 e. The van der Waals surface area contributed by atoms with Gasteiger partial charge in [-0.3, -0.25) is 9.69 Å². The van der Waals surface area contributed by atoms with Crippen LogP contribution in [-0.2, 0) is 12.1 Å². The predicted molar refractivity (Wildman–Crippen MR) is 117 cm³/mol. The number of benzene rings is 1. The Hall–Kier alpha value is -2.58. The summed E-state index contributed by atoms with van der Waals surface area (Å²) in [4.78, 5) is 17.9. The Labute approximate surface area is 176 Å². The van der Waals surface area contributed by atoms with Gasteiger partial charge in [-0.2, -0.15) is 0 Å². The number of hydrogen-bond donors (Lipinski definition) is 2. The van der Waals surface area contributed by atoms with Crippen LogP contribution in [0.1, 0.15) is 62.7 Å². The van der Waals surface area contributed by atoms with Crippen molar-refractivity contribution in [1.82, 2.24) is 30.1 Å². The minimum Gasteiger partial charge on any atom is -0.395 e. The zero-order valence-corrected chi connectivity index (χ0v) is 18.7. The van der Waals surface area contributed by atoms with E-state index in [1.165, 1.54) is 5.56 Å². The third-order valence-corrected chi connectivity index (χ3v) is 5.55. The van der Waals surface area contributed by atoms with Gasteiger partial charge in [0.05, 0.1) is 18.2 Å². The molecule has 3 rings (SSSR count). The molecular weight excluding hydrogens is 380 g/mol. The van der Waals surface area contributed by atoms with E-state index in [-0.39, 0.29) is 23.7 Å². The number of nitrogens with one attached hydrogen (secondary N) is 1. The average Bonchev–Trinajstić information content (AvgIpc) is 3.15. The molecule has 0 spiro atoms. The molecule has 0 aliphatic rings. The highest BCUT2D eigenvalue weighted by atomic mass is 16.3. The molecule has 3 aromatic rings. The zero-order valence-electron chi connectivity index (χ0n) is 18.7. The first kappa shape index (κ1) is 22.1. The first-order valence-electron chi connectivity index (χ1n) is 10.4. The van der Waals surface area contributed by atoms with E-state index >= 15 is 0 Å². The van der Waals surface area contributed by atoms with Gasteiger partial charge in [0, 0.05) is 24.2 Å². The molecule has 1 atom stereocenters. The molecule has 0 bridgehead atoms. The van der Waals surface area contributed by atoms with Crippen molar-refractivity contribution in [2.45, 2.75) is 66.1 Å². The maximum absolute atomic E-state index is 12.8. The molecule has 8 nitrogen and oxygen atoms in total.